The van der Waals surface area contributed by atoms with E-state index in [-0.39, 0.29) is 11.5 Å². The minimum atomic E-state index is -1.00. The van der Waals surface area contributed by atoms with Crippen molar-refractivity contribution in [2.24, 2.45) is 0 Å². The van der Waals surface area contributed by atoms with Crippen LogP contribution in [0.2, 0.25) is 5.02 Å². The van der Waals surface area contributed by atoms with Gasteiger partial charge < -0.3 is 10.0 Å². The number of carboxylic acid groups (broad SMARTS) is 1. The summed E-state index contributed by atoms with van der Waals surface area (Å²) in [6.07, 6.45) is 0.291. The normalized spacial score (nSPS) is 13.4. The number of halogens is 1. The number of carbonyl (C=O) groups is 2. The average Bonchev–Trinajstić information content (AvgIpc) is 2.76. The van der Waals surface area contributed by atoms with Gasteiger partial charge >= 0.3 is 5.97 Å². The summed E-state index contributed by atoms with van der Waals surface area (Å²) >= 11 is 6.13. The minimum Gasteiger partial charge on any atom is -0.478 e. The third-order valence-electron chi connectivity index (χ3n) is 3.55. The molecule has 5 heteroatoms. The second-order valence-corrected chi connectivity index (χ2v) is 5.30. The van der Waals surface area contributed by atoms with Crippen molar-refractivity contribution in [2.75, 3.05) is 4.90 Å². The van der Waals surface area contributed by atoms with Gasteiger partial charge in [-0.05, 0) is 29.3 Å². The molecule has 1 aliphatic rings. The number of benzene rings is 2. The van der Waals surface area contributed by atoms with Crippen LogP contribution in [0.4, 0.5) is 5.69 Å². The highest BCUT2D eigenvalue weighted by Gasteiger charge is 2.28. The lowest BCUT2D eigenvalue weighted by Crippen LogP contribution is -2.26. The van der Waals surface area contributed by atoms with Crippen molar-refractivity contribution >= 4 is 29.2 Å². The predicted molar refractivity (Wildman–Crippen MR) is 79.7 cm³/mol. The molecule has 1 N–H and O–H groups in total. The largest absolute Gasteiger partial charge is 0.478 e. The Morgan fingerprint density at radius 2 is 2.00 bits per heavy atom. The summed E-state index contributed by atoms with van der Waals surface area (Å²) in [7, 11) is 0. The molecule has 0 unspecified atom stereocenters. The molecular weight excluding hydrogens is 290 g/mol. The van der Waals surface area contributed by atoms with Gasteiger partial charge in [0, 0.05) is 10.7 Å². The first-order chi connectivity index (χ1) is 10.1. The zero-order valence-corrected chi connectivity index (χ0v) is 11.8. The molecule has 2 aromatic carbocycles. The molecule has 0 aromatic heterocycles. The molecule has 0 bridgehead atoms. The first-order valence-electron chi connectivity index (χ1n) is 6.46. The number of nitrogens with zero attached hydrogens (tertiary/aromatic N) is 1. The molecule has 1 aliphatic heterocycles. The van der Waals surface area contributed by atoms with Crippen molar-refractivity contribution in [2.45, 2.75) is 13.0 Å². The van der Waals surface area contributed by atoms with E-state index in [9.17, 15) is 9.59 Å². The van der Waals surface area contributed by atoms with Gasteiger partial charge in [0.2, 0.25) is 5.91 Å². The van der Waals surface area contributed by atoms with Gasteiger partial charge in [0.05, 0.1) is 18.5 Å². The van der Waals surface area contributed by atoms with Crippen molar-refractivity contribution < 1.29 is 14.7 Å². The van der Waals surface area contributed by atoms with E-state index in [1.54, 1.807) is 23.1 Å². The fraction of sp³-hybridized carbons (Fsp3) is 0.125. The number of carbonyl (C=O) groups excluding carboxylic acids is 1. The van der Waals surface area contributed by atoms with Crippen molar-refractivity contribution in [3.05, 3.63) is 64.2 Å². The average molecular weight is 302 g/mol. The number of rotatable bonds is 3. The van der Waals surface area contributed by atoms with Gasteiger partial charge in [-0.15, -0.1) is 0 Å². The van der Waals surface area contributed by atoms with Gasteiger partial charge in [0.25, 0.3) is 0 Å². The van der Waals surface area contributed by atoms with Crippen LogP contribution in [0.25, 0.3) is 0 Å². The summed E-state index contributed by atoms with van der Waals surface area (Å²) in [6.45, 7) is 0.342. The number of anilines is 1. The lowest BCUT2D eigenvalue weighted by Gasteiger charge is -2.18. The van der Waals surface area contributed by atoms with E-state index in [4.69, 9.17) is 16.7 Å². The van der Waals surface area contributed by atoms with Gasteiger partial charge in [-0.2, -0.15) is 0 Å². The van der Waals surface area contributed by atoms with Gasteiger partial charge in [-0.25, -0.2) is 4.79 Å². The molecule has 0 spiro atoms. The summed E-state index contributed by atoms with van der Waals surface area (Å²) in [5, 5.41) is 9.67. The fourth-order valence-corrected chi connectivity index (χ4v) is 2.66. The molecule has 106 valence electrons. The van der Waals surface area contributed by atoms with Crippen molar-refractivity contribution in [1.82, 2.24) is 0 Å². The zero-order chi connectivity index (χ0) is 15.0. The summed E-state index contributed by atoms with van der Waals surface area (Å²) in [4.78, 5) is 24.8. The van der Waals surface area contributed by atoms with Crippen LogP contribution < -0.4 is 4.90 Å². The number of carboxylic acids is 1. The summed E-state index contributed by atoms with van der Waals surface area (Å²) in [5.74, 6) is -1.05. The highest BCUT2D eigenvalue weighted by molar-refractivity contribution is 6.31. The van der Waals surface area contributed by atoms with Gasteiger partial charge in [0.15, 0.2) is 0 Å². The number of aromatic carboxylic acids is 1. The lowest BCUT2D eigenvalue weighted by atomic mass is 10.1. The van der Waals surface area contributed by atoms with E-state index in [2.05, 4.69) is 0 Å². The summed E-state index contributed by atoms with van der Waals surface area (Å²) < 4.78 is 0. The second-order valence-electron chi connectivity index (χ2n) is 4.90. The third kappa shape index (κ3) is 2.50. The Balaban J connectivity index is 1.98. The molecule has 0 aliphatic carbocycles. The van der Waals surface area contributed by atoms with Crippen LogP contribution in [0.1, 0.15) is 21.5 Å². The molecule has 0 radical (unpaired) electrons. The number of amides is 1. The topological polar surface area (TPSA) is 57.6 Å². The van der Waals surface area contributed by atoms with Gasteiger partial charge in [-0.3, -0.25) is 4.79 Å². The van der Waals surface area contributed by atoms with Crippen LogP contribution in [-0.4, -0.2) is 17.0 Å². The number of hydrogen-bond acceptors (Lipinski definition) is 2. The number of fused-ring (bicyclic) bond motifs is 1. The maximum atomic E-state index is 12.2. The smallest absolute Gasteiger partial charge is 0.335 e. The van der Waals surface area contributed by atoms with E-state index in [1.807, 2.05) is 18.2 Å². The zero-order valence-electron chi connectivity index (χ0n) is 11.0. The van der Waals surface area contributed by atoms with Crippen LogP contribution in [0, 0.1) is 0 Å². The van der Waals surface area contributed by atoms with Crippen LogP contribution in [0.15, 0.2) is 42.5 Å². The Morgan fingerprint density at radius 3 is 2.71 bits per heavy atom. The molecule has 3 rings (SSSR count). The molecule has 2 aromatic rings. The maximum Gasteiger partial charge on any atom is 0.335 e. The van der Waals surface area contributed by atoms with E-state index in [0.717, 1.165) is 11.1 Å². The molecule has 0 fully saturated rings. The SMILES string of the molecule is O=C(O)c1ccc2c(c1)N(Cc1ccccc1Cl)C(=O)C2. The Hall–Kier alpha value is -2.33. The molecule has 4 nitrogen and oxygen atoms in total. The van der Waals surface area contributed by atoms with Crippen LogP contribution >= 0.6 is 11.6 Å². The van der Waals surface area contributed by atoms with Crippen molar-refractivity contribution in [3.8, 4) is 0 Å². The van der Waals surface area contributed by atoms with E-state index in [0.29, 0.717) is 23.7 Å². The quantitative estimate of drug-likeness (QED) is 0.947. The first kappa shape index (κ1) is 13.6. The Kier molecular flexibility index (Phi) is 3.39. The molecular formula is C16H12ClNO3. The first-order valence-corrected chi connectivity index (χ1v) is 6.84. The van der Waals surface area contributed by atoms with E-state index >= 15 is 0 Å². The Bertz CT molecular complexity index is 742. The second kappa shape index (κ2) is 5.22. The molecule has 0 saturated carbocycles. The molecule has 0 saturated heterocycles. The van der Waals surface area contributed by atoms with Gasteiger partial charge in [-0.1, -0.05) is 35.9 Å². The van der Waals surface area contributed by atoms with Crippen LogP contribution in [-0.2, 0) is 17.8 Å². The highest BCUT2D eigenvalue weighted by atomic mass is 35.5. The lowest BCUT2D eigenvalue weighted by molar-refractivity contribution is -0.117. The molecule has 21 heavy (non-hydrogen) atoms. The van der Waals surface area contributed by atoms with Crippen LogP contribution in [0.5, 0.6) is 0 Å². The molecule has 1 heterocycles. The highest BCUT2D eigenvalue weighted by Crippen LogP contribution is 2.32. The third-order valence-corrected chi connectivity index (χ3v) is 3.92. The molecule has 0 atom stereocenters. The van der Waals surface area contributed by atoms with Crippen LogP contribution in [0.3, 0.4) is 0 Å². The Morgan fingerprint density at radius 1 is 1.24 bits per heavy atom. The standard InChI is InChI=1S/C16H12ClNO3/c17-13-4-2-1-3-12(13)9-18-14-7-11(16(20)21)6-5-10(14)8-15(18)19/h1-7H,8-9H2,(H,20,21). The minimum absolute atomic E-state index is 0.0486. The number of hydrogen-bond donors (Lipinski definition) is 1. The predicted octanol–water partition coefficient (Wildman–Crippen LogP) is 3.13. The molecule has 1 amide bonds. The van der Waals surface area contributed by atoms with Gasteiger partial charge in [0.1, 0.15) is 0 Å². The summed E-state index contributed by atoms with van der Waals surface area (Å²) in [5.41, 5.74) is 2.51. The summed E-state index contributed by atoms with van der Waals surface area (Å²) in [6, 6.07) is 12.1. The maximum absolute atomic E-state index is 12.2. The Labute approximate surface area is 126 Å². The van der Waals surface area contributed by atoms with Crippen molar-refractivity contribution in [1.29, 1.82) is 0 Å². The van der Waals surface area contributed by atoms with Crippen molar-refractivity contribution in [3.63, 3.8) is 0 Å². The van der Waals surface area contributed by atoms with E-state index in [1.165, 1.54) is 6.07 Å². The monoisotopic (exact) mass is 301 g/mol. The fourth-order valence-electron chi connectivity index (χ4n) is 2.46. The van der Waals surface area contributed by atoms with E-state index < -0.39 is 5.97 Å².